The van der Waals surface area contributed by atoms with E-state index in [9.17, 15) is 4.79 Å². The highest BCUT2D eigenvalue weighted by Gasteiger charge is 2.34. The number of rotatable bonds is 1. The van der Waals surface area contributed by atoms with Crippen LogP contribution in [0, 0.1) is 11.3 Å². The quantitative estimate of drug-likeness (QED) is 0.674. The number of urea groups is 1. The molecule has 0 unspecified atom stereocenters. The number of piperidine rings is 1. The third kappa shape index (κ3) is 2.39. The summed E-state index contributed by atoms with van der Waals surface area (Å²) in [5, 5.41) is 12.1. The Morgan fingerprint density at radius 2 is 2.00 bits per heavy atom. The Labute approximate surface area is 90.6 Å². The van der Waals surface area contributed by atoms with Gasteiger partial charge in [-0.2, -0.15) is 5.26 Å². The lowest BCUT2D eigenvalue weighted by atomic mass is 9.89. The summed E-state index contributed by atoms with van der Waals surface area (Å²) in [6, 6.07) is 2.32. The molecular formula is C10H18N4O. The Morgan fingerprint density at radius 3 is 2.33 bits per heavy atom. The smallest absolute Gasteiger partial charge is 0.319 e. The van der Waals surface area contributed by atoms with Gasteiger partial charge in [0.2, 0.25) is 0 Å². The third-order valence-electron chi connectivity index (χ3n) is 2.96. The minimum Gasteiger partial charge on any atom is -0.331 e. The van der Waals surface area contributed by atoms with Gasteiger partial charge in [-0.25, -0.2) is 4.79 Å². The first-order chi connectivity index (χ1) is 7.04. The van der Waals surface area contributed by atoms with Crippen molar-refractivity contribution < 1.29 is 4.79 Å². The molecule has 5 heteroatoms. The van der Waals surface area contributed by atoms with E-state index in [1.807, 2.05) is 0 Å². The van der Waals surface area contributed by atoms with Crippen molar-refractivity contribution in [1.29, 1.82) is 5.26 Å². The molecule has 5 nitrogen and oxygen atoms in total. The van der Waals surface area contributed by atoms with E-state index in [0.717, 1.165) is 0 Å². The molecule has 0 radical (unpaired) electrons. The Balaban J connectivity index is 2.57. The zero-order valence-corrected chi connectivity index (χ0v) is 9.58. The fraction of sp³-hybridized carbons (Fsp3) is 0.800. The summed E-state index contributed by atoms with van der Waals surface area (Å²) in [6.45, 7) is 1.29. The van der Waals surface area contributed by atoms with E-state index in [-0.39, 0.29) is 6.03 Å². The monoisotopic (exact) mass is 210 g/mol. The van der Waals surface area contributed by atoms with Crippen LogP contribution >= 0.6 is 0 Å². The van der Waals surface area contributed by atoms with E-state index in [4.69, 9.17) is 5.26 Å². The van der Waals surface area contributed by atoms with E-state index in [2.05, 4.69) is 11.4 Å². The second kappa shape index (κ2) is 4.49. The molecule has 0 aromatic rings. The minimum absolute atomic E-state index is 0.0256. The summed E-state index contributed by atoms with van der Waals surface area (Å²) in [6.07, 6.45) is 1.39. The number of carbonyl (C=O) groups excluding carboxylic acids is 1. The van der Waals surface area contributed by atoms with Crippen molar-refractivity contribution in [2.24, 2.45) is 0 Å². The number of nitriles is 1. The standard InChI is InChI=1S/C10H18N4O/c1-12-10(8-11)4-6-14(7-5-10)9(15)13(2)3/h12H,4-7H2,1-3H3. The summed E-state index contributed by atoms with van der Waals surface area (Å²) in [5.74, 6) is 0. The molecule has 0 aliphatic carbocycles. The third-order valence-corrected chi connectivity index (χ3v) is 2.96. The van der Waals surface area contributed by atoms with E-state index >= 15 is 0 Å². The summed E-state index contributed by atoms with van der Waals surface area (Å²) >= 11 is 0. The molecule has 1 N–H and O–H groups in total. The second-order valence-corrected chi connectivity index (χ2v) is 4.11. The topological polar surface area (TPSA) is 59.4 Å². The van der Waals surface area contributed by atoms with Crippen LogP contribution in [0.15, 0.2) is 0 Å². The van der Waals surface area contributed by atoms with Crippen molar-refractivity contribution in [3.05, 3.63) is 0 Å². The molecule has 0 atom stereocenters. The number of hydrogen-bond acceptors (Lipinski definition) is 3. The van der Waals surface area contributed by atoms with Crippen molar-refractivity contribution in [2.45, 2.75) is 18.4 Å². The van der Waals surface area contributed by atoms with E-state index in [0.29, 0.717) is 25.9 Å². The highest BCUT2D eigenvalue weighted by Crippen LogP contribution is 2.21. The number of carbonyl (C=O) groups is 1. The maximum Gasteiger partial charge on any atom is 0.319 e. The van der Waals surface area contributed by atoms with Crippen molar-refractivity contribution in [3.8, 4) is 6.07 Å². The van der Waals surface area contributed by atoms with Crippen LogP contribution in [0.25, 0.3) is 0 Å². The molecule has 1 heterocycles. The van der Waals surface area contributed by atoms with Gasteiger partial charge < -0.3 is 15.1 Å². The normalized spacial score (nSPS) is 19.5. The van der Waals surface area contributed by atoms with Gasteiger partial charge in [0.05, 0.1) is 6.07 Å². The highest BCUT2D eigenvalue weighted by molar-refractivity contribution is 5.73. The average molecular weight is 210 g/mol. The first-order valence-corrected chi connectivity index (χ1v) is 5.11. The molecule has 0 aromatic carbocycles. The average Bonchev–Trinajstić information content (AvgIpc) is 2.28. The fourth-order valence-corrected chi connectivity index (χ4v) is 1.78. The highest BCUT2D eigenvalue weighted by atomic mass is 16.2. The first-order valence-electron chi connectivity index (χ1n) is 5.11. The zero-order valence-electron chi connectivity index (χ0n) is 9.58. The van der Waals surface area contributed by atoms with Crippen LogP contribution in [0.3, 0.4) is 0 Å². The number of amides is 2. The zero-order chi connectivity index (χ0) is 11.5. The van der Waals surface area contributed by atoms with E-state index in [1.165, 1.54) is 0 Å². The van der Waals surface area contributed by atoms with Crippen LogP contribution in [-0.4, -0.2) is 55.6 Å². The van der Waals surface area contributed by atoms with Crippen LogP contribution in [0.2, 0.25) is 0 Å². The second-order valence-electron chi connectivity index (χ2n) is 4.11. The number of nitrogens with zero attached hydrogens (tertiary/aromatic N) is 3. The van der Waals surface area contributed by atoms with Crippen molar-refractivity contribution in [1.82, 2.24) is 15.1 Å². The van der Waals surface area contributed by atoms with E-state index < -0.39 is 5.54 Å². The van der Waals surface area contributed by atoms with Crippen molar-refractivity contribution in [2.75, 3.05) is 34.2 Å². The van der Waals surface area contributed by atoms with Gasteiger partial charge >= 0.3 is 6.03 Å². The Bertz CT molecular complexity index is 274. The fourth-order valence-electron chi connectivity index (χ4n) is 1.78. The SMILES string of the molecule is CNC1(C#N)CCN(C(=O)N(C)C)CC1. The van der Waals surface area contributed by atoms with Crippen LogP contribution in [0.5, 0.6) is 0 Å². The Kier molecular flexibility index (Phi) is 3.53. The van der Waals surface area contributed by atoms with Gasteiger partial charge in [-0.1, -0.05) is 0 Å². The number of hydrogen-bond donors (Lipinski definition) is 1. The van der Waals surface area contributed by atoms with Gasteiger partial charge in [0.1, 0.15) is 5.54 Å². The van der Waals surface area contributed by atoms with Crippen LogP contribution in [-0.2, 0) is 0 Å². The van der Waals surface area contributed by atoms with Gasteiger partial charge in [0.15, 0.2) is 0 Å². The summed E-state index contributed by atoms with van der Waals surface area (Å²) in [7, 11) is 5.28. The predicted molar refractivity (Wildman–Crippen MR) is 57.3 cm³/mol. The molecule has 0 saturated carbocycles. The Hall–Kier alpha value is -1.28. The summed E-state index contributed by atoms with van der Waals surface area (Å²) in [4.78, 5) is 15.0. The van der Waals surface area contributed by atoms with Crippen LogP contribution < -0.4 is 5.32 Å². The predicted octanol–water partition coefficient (Wildman–Crippen LogP) is 0.246. The maximum absolute atomic E-state index is 11.6. The molecule has 1 rings (SSSR count). The van der Waals surface area contributed by atoms with Crippen molar-refractivity contribution >= 4 is 6.03 Å². The van der Waals surface area contributed by atoms with Crippen LogP contribution in [0.4, 0.5) is 4.79 Å². The Morgan fingerprint density at radius 1 is 1.47 bits per heavy atom. The summed E-state index contributed by atoms with van der Waals surface area (Å²) in [5.41, 5.74) is -0.441. The lowest BCUT2D eigenvalue weighted by Crippen LogP contribution is -2.54. The maximum atomic E-state index is 11.6. The molecule has 1 fully saturated rings. The van der Waals surface area contributed by atoms with Crippen LogP contribution in [0.1, 0.15) is 12.8 Å². The minimum atomic E-state index is -0.441. The number of nitrogens with one attached hydrogen (secondary N) is 1. The van der Waals surface area contributed by atoms with Crippen molar-refractivity contribution in [3.63, 3.8) is 0 Å². The molecule has 1 saturated heterocycles. The molecule has 84 valence electrons. The van der Waals surface area contributed by atoms with Gasteiger partial charge in [0, 0.05) is 27.2 Å². The summed E-state index contributed by atoms with van der Waals surface area (Å²) < 4.78 is 0. The van der Waals surface area contributed by atoms with Gasteiger partial charge in [-0.3, -0.25) is 0 Å². The lowest BCUT2D eigenvalue weighted by molar-refractivity contribution is 0.143. The largest absolute Gasteiger partial charge is 0.331 e. The van der Waals surface area contributed by atoms with Gasteiger partial charge in [-0.15, -0.1) is 0 Å². The molecule has 0 spiro atoms. The molecule has 0 bridgehead atoms. The number of likely N-dealkylation sites (tertiary alicyclic amines) is 1. The molecule has 2 amide bonds. The lowest BCUT2D eigenvalue weighted by Gasteiger charge is -2.37. The van der Waals surface area contributed by atoms with Gasteiger partial charge in [-0.05, 0) is 19.9 Å². The van der Waals surface area contributed by atoms with E-state index in [1.54, 1.807) is 30.9 Å². The molecule has 15 heavy (non-hydrogen) atoms. The van der Waals surface area contributed by atoms with Gasteiger partial charge in [0.25, 0.3) is 0 Å². The first kappa shape index (κ1) is 11.8. The molecule has 0 aromatic heterocycles. The molecular weight excluding hydrogens is 192 g/mol. The molecule has 1 aliphatic heterocycles. The molecule has 1 aliphatic rings.